The number of hydrogen-bond acceptors (Lipinski definition) is 3. The van der Waals surface area contributed by atoms with Crippen molar-refractivity contribution in [1.29, 1.82) is 0 Å². The maximum atomic E-state index is 13.4. The minimum absolute atomic E-state index is 0.180. The first-order valence-electron chi connectivity index (χ1n) is 11.2. The van der Waals surface area contributed by atoms with E-state index < -0.39 is 6.04 Å². The van der Waals surface area contributed by atoms with E-state index in [1.165, 1.54) is 6.92 Å². The van der Waals surface area contributed by atoms with Crippen LogP contribution in [0.15, 0.2) is 60.8 Å². The number of anilines is 1. The highest BCUT2D eigenvalue weighted by atomic mass is 35.5. The van der Waals surface area contributed by atoms with Gasteiger partial charge in [0.05, 0.1) is 17.3 Å². The van der Waals surface area contributed by atoms with E-state index in [0.29, 0.717) is 22.2 Å². The second kappa shape index (κ2) is 9.43. The Hall–Kier alpha value is -2.83. The Bertz CT molecular complexity index is 1220. The number of hydrogen-bond donors (Lipinski definition) is 1. The van der Waals surface area contributed by atoms with Crippen LogP contribution in [0.1, 0.15) is 57.3 Å². The van der Waals surface area contributed by atoms with Crippen molar-refractivity contribution in [2.75, 3.05) is 5.32 Å². The number of nitrogens with zero attached hydrogens (tertiary/aromatic N) is 3. The van der Waals surface area contributed by atoms with Crippen molar-refractivity contribution < 1.29 is 9.59 Å². The first-order valence-corrected chi connectivity index (χ1v) is 12.0. The van der Waals surface area contributed by atoms with Crippen molar-refractivity contribution in [2.24, 2.45) is 0 Å². The van der Waals surface area contributed by atoms with E-state index in [-0.39, 0.29) is 29.3 Å². The van der Waals surface area contributed by atoms with E-state index in [0.717, 1.165) is 11.3 Å². The predicted molar refractivity (Wildman–Crippen MR) is 135 cm³/mol. The monoisotopic (exact) mass is 498 g/mol. The third kappa shape index (κ3) is 4.98. The maximum absolute atomic E-state index is 13.4. The zero-order chi connectivity index (χ0) is 24.6. The Balaban J connectivity index is 1.75. The summed E-state index contributed by atoms with van der Waals surface area (Å²) >= 11 is 12.4. The molecule has 0 spiro atoms. The Morgan fingerprint density at radius 2 is 1.71 bits per heavy atom. The molecule has 3 atom stereocenters. The lowest BCUT2D eigenvalue weighted by molar-refractivity contribution is -0.137. The minimum atomic E-state index is -0.676. The topological polar surface area (TPSA) is 67.2 Å². The summed E-state index contributed by atoms with van der Waals surface area (Å²) < 4.78 is 1.91. The van der Waals surface area contributed by atoms with Crippen molar-refractivity contribution >= 4 is 40.7 Å². The van der Waals surface area contributed by atoms with Gasteiger partial charge in [0.1, 0.15) is 6.04 Å². The van der Waals surface area contributed by atoms with Gasteiger partial charge in [-0.1, -0.05) is 41.4 Å². The summed E-state index contributed by atoms with van der Waals surface area (Å²) in [6.45, 7) is 7.73. The molecular formula is C26H28Cl2N4O2. The van der Waals surface area contributed by atoms with Crippen LogP contribution in [0.25, 0.3) is 0 Å². The molecule has 0 radical (unpaired) electrons. The first-order chi connectivity index (χ1) is 16.0. The average Bonchev–Trinajstić information content (AvgIpc) is 3.39. The third-order valence-electron chi connectivity index (χ3n) is 6.12. The normalized spacial score (nSPS) is 20.4. The summed E-state index contributed by atoms with van der Waals surface area (Å²) in [5, 5.41) is 8.87. The highest BCUT2D eigenvalue weighted by molar-refractivity contribution is 6.31. The van der Waals surface area contributed by atoms with Gasteiger partial charge in [-0.2, -0.15) is 5.10 Å². The Morgan fingerprint density at radius 3 is 2.29 bits per heavy atom. The maximum Gasteiger partial charge on any atom is 0.247 e. The van der Waals surface area contributed by atoms with E-state index in [2.05, 4.69) is 26.1 Å². The molecule has 1 aromatic heterocycles. The molecule has 0 aliphatic carbocycles. The number of carbonyl (C=O) groups is 2. The molecule has 1 fully saturated rings. The lowest BCUT2D eigenvalue weighted by Crippen LogP contribution is -2.43. The lowest BCUT2D eigenvalue weighted by atomic mass is 9.90. The van der Waals surface area contributed by atoms with Crippen molar-refractivity contribution in [3.8, 4) is 0 Å². The molecule has 8 heteroatoms. The molecule has 3 aromatic rings. The van der Waals surface area contributed by atoms with E-state index in [4.69, 9.17) is 28.3 Å². The van der Waals surface area contributed by atoms with E-state index >= 15 is 0 Å². The molecule has 2 amide bonds. The number of halogens is 2. The molecule has 1 saturated heterocycles. The number of rotatable bonds is 4. The van der Waals surface area contributed by atoms with Gasteiger partial charge in [0, 0.05) is 34.8 Å². The van der Waals surface area contributed by atoms with Crippen LogP contribution in [0.5, 0.6) is 0 Å². The average molecular weight is 499 g/mol. The highest BCUT2D eigenvalue weighted by Gasteiger charge is 2.48. The van der Waals surface area contributed by atoms with Crippen molar-refractivity contribution in [1.82, 2.24) is 14.7 Å². The molecule has 0 unspecified atom stereocenters. The van der Waals surface area contributed by atoms with Crippen LogP contribution < -0.4 is 5.32 Å². The fraction of sp³-hybridized carbons (Fsp3) is 0.346. The van der Waals surface area contributed by atoms with Crippen molar-refractivity contribution in [2.45, 2.75) is 57.7 Å². The Morgan fingerprint density at radius 1 is 1.03 bits per heavy atom. The van der Waals surface area contributed by atoms with Crippen molar-refractivity contribution in [3.05, 3.63) is 82.1 Å². The van der Waals surface area contributed by atoms with Crippen LogP contribution >= 0.6 is 23.2 Å². The molecule has 1 aliphatic heterocycles. The number of amides is 2. The molecule has 4 rings (SSSR count). The van der Waals surface area contributed by atoms with Crippen LogP contribution in [-0.2, 0) is 15.1 Å². The van der Waals surface area contributed by atoms with Gasteiger partial charge in [0.25, 0.3) is 0 Å². The quantitative estimate of drug-likeness (QED) is 0.477. The van der Waals surface area contributed by atoms with Gasteiger partial charge in [-0.05, 0) is 69.2 Å². The molecule has 2 aromatic carbocycles. The first kappa shape index (κ1) is 24.3. The molecule has 2 heterocycles. The van der Waals surface area contributed by atoms with Crippen LogP contribution in [0, 0.1) is 0 Å². The summed E-state index contributed by atoms with van der Waals surface area (Å²) in [4.78, 5) is 28.0. The molecule has 1 N–H and O–H groups in total. The van der Waals surface area contributed by atoms with Gasteiger partial charge >= 0.3 is 0 Å². The van der Waals surface area contributed by atoms with Crippen LogP contribution in [0.3, 0.4) is 0 Å². The third-order valence-corrected chi connectivity index (χ3v) is 6.59. The van der Waals surface area contributed by atoms with E-state index in [1.54, 1.807) is 35.2 Å². The largest absolute Gasteiger partial charge is 0.324 e. The van der Waals surface area contributed by atoms with E-state index in [9.17, 15) is 9.59 Å². The number of aromatic nitrogens is 2. The Labute approximate surface area is 209 Å². The zero-order valence-corrected chi connectivity index (χ0v) is 21.1. The van der Waals surface area contributed by atoms with Gasteiger partial charge in [-0.3, -0.25) is 14.3 Å². The van der Waals surface area contributed by atoms with Crippen LogP contribution in [0.4, 0.5) is 5.69 Å². The molecular weight excluding hydrogens is 471 g/mol. The number of carbonyl (C=O) groups excluding carboxylic acids is 2. The lowest BCUT2D eigenvalue weighted by Gasteiger charge is -2.30. The zero-order valence-electron chi connectivity index (χ0n) is 19.6. The van der Waals surface area contributed by atoms with Crippen LogP contribution in [0.2, 0.25) is 10.0 Å². The van der Waals surface area contributed by atoms with Gasteiger partial charge in [-0.25, -0.2) is 0 Å². The molecule has 1 aliphatic rings. The smallest absolute Gasteiger partial charge is 0.247 e. The van der Waals surface area contributed by atoms with Crippen LogP contribution in [-0.4, -0.2) is 32.5 Å². The summed E-state index contributed by atoms with van der Waals surface area (Å²) in [6, 6.07) is 15.3. The number of likely N-dealkylation sites (tertiary alicyclic amines) is 1. The molecule has 34 heavy (non-hydrogen) atoms. The summed E-state index contributed by atoms with van der Waals surface area (Å²) in [7, 11) is 0. The fourth-order valence-electron chi connectivity index (χ4n) is 4.59. The summed E-state index contributed by atoms with van der Waals surface area (Å²) in [6.07, 6.45) is 2.38. The molecule has 0 saturated carbocycles. The predicted octanol–water partition coefficient (Wildman–Crippen LogP) is 6.03. The molecule has 6 nitrogen and oxygen atoms in total. The van der Waals surface area contributed by atoms with Gasteiger partial charge in [-0.15, -0.1) is 0 Å². The number of nitrogens with one attached hydrogen (secondary N) is 1. The second-order valence-electron chi connectivity index (χ2n) is 9.64. The van der Waals surface area contributed by atoms with Gasteiger partial charge in [0.15, 0.2) is 0 Å². The summed E-state index contributed by atoms with van der Waals surface area (Å²) in [5.41, 5.74) is 2.10. The SMILES string of the molecule is CC(=O)N1[C@H](C(=O)Nc2cccc(Cl)c2)C[C@@H](c2ccn(C(C)(C)C)n2)[C@@H]1c1cccc(Cl)c1. The highest BCUT2D eigenvalue weighted by Crippen LogP contribution is 2.47. The molecule has 0 bridgehead atoms. The van der Waals surface area contributed by atoms with Gasteiger partial charge < -0.3 is 10.2 Å². The number of benzene rings is 2. The second-order valence-corrected chi connectivity index (χ2v) is 10.5. The standard InChI is InChI=1S/C26H28Cl2N4O2/c1-16(33)32-23(25(34)29-20-10-6-9-19(28)14-20)15-21(22-11-12-31(30-22)26(2,3)4)24(32)17-7-5-8-18(27)13-17/h5-14,21,23-24H,15H2,1-4H3,(H,29,34)/t21-,23-,24-/m0/s1. The van der Waals surface area contributed by atoms with Crippen molar-refractivity contribution in [3.63, 3.8) is 0 Å². The fourth-order valence-corrected chi connectivity index (χ4v) is 4.98. The Kier molecular flexibility index (Phi) is 6.74. The molecule has 178 valence electrons. The van der Waals surface area contributed by atoms with Gasteiger partial charge in [0.2, 0.25) is 11.8 Å². The minimum Gasteiger partial charge on any atom is -0.324 e. The van der Waals surface area contributed by atoms with E-state index in [1.807, 2.05) is 35.1 Å². The summed E-state index contributed by atoms with van der Waals surface area (Å²) in [5.74, 6) is -0.627.